The Morgan fingerprint density at radius 1 is 1.67 bits per heavy atom. The van der Waals surface area contributed by atoms with Gasteiger partial charge in [-0.3, -0.25) is 0 Å². The zero-order valence-corrected chi connectivity index (χ0v) is 8.21. The minimum Gasteiger partial charge on any atom is -0.400 e. The maximum absolute atomic E-state index is 7.00. The molecule has 0 aromatic rings. The molecule has 1 N–H and O–H groups in total. The molecule has 1 rings (SSSR count). The third-order valence-corrected chi connectivity index (χ3v) is 2.25. The highest BCUT2D eigenvalue weighted by Crippen LogP contribution is 2.25. The summed E-state index contributed by atoms with van der Waals surface area (Å²) < 4.78 is 0. The quantitative estimate of drug-likeness (QED) is 0.628. The van der Waals surface area contributed by atoms with Gasteiger partial charge in [0.25, 0.3) is 0 Å². The Balaban J connectivity index is 0.000000561. The van der Waals surface area contributed by atoms with Crippen molar-refractivity contribution in [3.05, 3.63) is 24.3 Å². The largest absolute Gasteiger partial charge is 0.400 e. The fraction of sp³-hybridized carbons (Fsp3) is 0.636. The van der Waals surface area contributed by atoms with Crippen LogP contribution in [0.5, 0.6) is 0 Å². The molecule has 0 bridgehead atoms. The van der Waals surface area contributed by atoms with E-state index in [1.807, 2.05) is 6.08 Å². The van der Waals surface area contributed by atoms with Crippen molar-refractivity contribution in [2.24, 2.45) is 5.92 Å². The van der Waals surface area contributed by atoms with E-state index in [1.54, 1.807) is 5.57 Å². The van der Waals surface area contributed by atoms with E-state index in [9.17, 15) is 0 Å². The lowest BCUT2D eigenvalue weighted by Gasteiger charge is -2.18. The average Bonchev–Trinajstić information content (AvgIpc) is 2.13. The Labute approximate surface area is 75.8 Å². The van der Waals surface area contributed by atoms with Gasteiger partial charge in [0.15, 0.2) is 0 Å². The van der Waals surface area contributed by atoms with E-state index in [2.05, 4.69) is 19.6 Å². The van der Waals surface area contributed by atoms with Gasteiger partial charge in [0.1, 0.15) is 0 Å². The Hall–Kier alpha value is -0.560. The second-order valence-corrected chi connectivity index (χ2v) is 3.22. The Bertz CT molecular complexity index is 147. The second kappa shape index (κ2) is 7.11. The highest BCUT2D eigenvalue weighted by molar-refractivity contribution is 5.03. The summed E-state index contributed by atoms with van der Waals surface area (Å²) in [7, 11) is 1.00. The lowest BCUT2D eigenvalue weighted by molar-refractivity contribution is 0.399. The lowest BCUT2D eigenvalue weighted by Crippen LogP contribution is -2.02. The van der Waals surface area contributed by atoms with Gasteiger partial charge in [-0.2, -0.15) is 0 Å². The number of aliphatic hydroxyl groups excluding tert-OH is 1. The van der Waals surface area contributed by atoms with Gasteiger partial charge in [0, 0.05) is 7.11 Å². The molecular weight excluding hydrogens is 148 g/mol. The predicted molar refractivity (Wildman–Crippen MR) is 54.1 cm³/mol. The number of rotatable bonds is 2. The molecule has 0 saturated carbocycles. The fourth-order valence-corrected chi connectivity index (χ4v) is 1.47. The molecule has 0 amide bonds. The van der Waals surface area contributed by atoms with Crippen molar-refractivity contribution >= 4 is 0 Å². The van der Waals surface area contributed by atoms with Crippen molar-refractivity contribution in [2.45, 2.75) is 32.6 Å². The number of aliphatic hydroxyl groups is 1. The summed E-state index contributed by atoms with van der Waals surface area (Å²) in [6.07, 6.45) is 9.56. The Morgan fingerprint density at radius 3 is 2.75 bits per heavy atom. The van der Waals surface area contributed by atoms with Crippen molar-refractivity contribution in [3.8, 4) is 0 Å². The third kappa shape index (κ3) is 4.35. The summed E-state index contributed by atoms with van der Waals surface area (Å²) >= 11 is 0. The Kier molecular flexibility index (Phi) is 6.78. The smallest absolute Gasteiger partial charge is 0.0319 e. The van der Waals surface area contributed by atoms with Crippen molar-refractivity contribution in [1.82, 2.24) is 0 Å². The van der Waals surface area contributed by atoms with Crippen LogP contribution in [-0.2, 0) is 0 Å². The van der Waals surface area contributed by atoms with Crippen LogP contribution in [-0.4, -0.2) is 12.2 Å². The minimum atomic E-state index is 0.890. The van der Waals surface area contributed by atoms with E-state index in [0.29, 0.717) is 0 Å². The molecule has 1 aliphatic carbocycles. The van der Waals surface area contributed by atoms with Gasteiger partial charge < -0.3 is 5.11 Å². The SMILES string of the molecule is C=CCC1CC=C(C)CC1.CO. The highest BCUT2D eigenvalue weighted by atomic mass is 16.2. The van der Waals surface area contributed by atoms with Crippen LogP contribution in [0.15, 0.2) is 24.3 Å². The monoisotopic (exact) mass is 168 g/mol. The van der Waals surface area contributed by atoms with Crippen LogP contribution in [0, 0.1) is 5.92 Å². The van der Waals surface area contributed by atoms with Crippen LogP contribution in [0.4, 0.5) is 0 Å². The summed E-state index contributed by atoms with van der Waals surface area (Å²) in [5, 5.41) is 7.00. The molecule has 0 aliphatic heterocycles. The lowest BCUT2D eigenvalue weighted by atomic mass is 9.88. The first kappa shape index (κ1) is 11.4. The van der Waals surface area contributed by atoms with Crippen molar-refractivity contribution in [2.75, 3.05) is 7.11 Å². The zero-order chi connectivity index (χ0) is 9.40. The molecule has 70 valence electrons. The van der Waals surface area contributed by atoms with E-state index in [1.165, 1.54) is 25.7 Å². The van der Waals surface area contributed by atoms with Crippen molar-refractivity contribution in [3.63, 3.8) is 0 Å². The number of hydrogen-bond acceptors (Lipinski definition) is 1. The molecule has 12 heavy (non-hydrogen) atoms. The van der Waals surface area contributed by atoms with Gasteiger partial charge in [-0.15, -0.1) is 6.58 Å². The van der Waals surface area contributed by atoms with Gasteiger partial charge in [-0.25, -0.2) is 0 Å². The highest BCUT2D eigenvalue weighted by Gasteiger charge is 2.09. The molecule has 1 atom stereocenters. The topological polar surface area (TPSA) is 20.2 Å². The molecule has 0 radical (unpaired) electrons. The molecule has 1 heteroatoms. The van der Waals surface area contributed by atoms with E-state index in [-0.39, 0.29) is 0 Å². The summed E-state index contributed by atoms with van der Waals surface area (Å²) in [5.74, 6) is 0.890. The van der Waals surface area contributed by atoms with E-state index < -0.39 is 0 Å². The standard InChI is InChI=1S/C10H16.CH4O/c1-3-4-10-7-5-9(2)6-8-10;1-2/h3,5,10H,1,4,6-8H2,2H3;2H,1H3. The molecular formula is C11H20O. The van der Waals surface area contributed by atoms with Gasteiger partial charge in [-0.05, 0) is 38.5 Å². The maximum atomic E-state index is 7.00. The molecule has 0 fully saturated rings. The summed E-state index contributed by atoms with van der Waals surface area (Å²) in [6, 6.07) is 0. The first-order valence-corrected chi connectivity index (χ1v) is 4.54. The second-order valence-electron chi connectivity index (χ2n) is 3.22. The molecule has 0 saturated heterocycles. The van der Waals surface area contributed by atoms with E-state index in [4.69, 9.17) is 5.11 Å². The van der Waals surface area contributed by atoms with Crippen LogP contribution in [0.25, 0.3) is 0 Å². The minimum absolute atomic E-state index is 0.890. The summed E-state index contributed by atoms with van der Waals surface area (Å²) in [4.78, 5) is 0. The van der Waals surface area contributed by atoms with Gasteiger partial charge >= 0.3 is 0 Å². The van der Waals surface area contributed by atoms with Crippen LogP contribution < -0.4 is 0 Å². The van der Waals surface area contributed by atoms with Gasteiger partial charge in [0.2, 0.25) is 0 Å². The zero-order valence-electron chi connectivity index (χ0n) is 8.21. The number of allylic oxidation sites excluding steroid dienone is 3. The van der Waals surface area contributed by atoms with Gasteiger partial charge in [-0.1, -0.05) is 17.7 Å². The maximum Gasteiger partial charge on any atom is 0.0319 e. The molecule has 0 aromatic heterocycles. The van der Waals surface area contributed by atoms with E-state index in [0.717, 1.165) is 13.0 Å². The van der Waals surface area contributed by atoms with Crippen LogP contribution in [0.1, 0.15) is 32.6 Å². The third-order valence-electron chi connectivity index (χ3n) is 2.25. The summed E-state index contributed by atoms with van der Waals surface area (Å²) in [6.45, 7) is 5.98. The van der Waals surface area contributed by atoms with Crippen molar-refractivity contribution in [1.29, 1.82) is 0 Å². The first-order chi connectivity index (χ1) is 5.83. The molecule has 0 spiro atoms. The molecule has 1 aliphatic rings. The van der Waals surface area contributed by atoms with Gasteiger partial charge in [0.05, 0.1) is 0 Å². The van der Waals surface area contributed by atoms with E-state index >= 15 is 0 Å². The van der Waals surface area contributed by atoms with Crippen LogP contribution in [0.2, 0.25) is 0 Å². The van der Waals surface area contributed by atoms with Crippen LogP contribution in [0.3, 0.4) is 0 Å². The van der Waals surface area contributed by atoms with Crippen molar-refractivity contribution < 1.29 is 5.11 Å². The molecule has 0 aromatic carbocycles. The average molecular weight is 168 g/mol. The molecule has 1 unspecified atom stereocenters. The summed E-state index contributed by atoms with van der Waals surface area (Å²) in [5.41, 5.74) is 1.57. The first-order valence-electron chi connectivity index (χ1n) is 4.54. The number of hydrogen-bond donors (Lipinski definition) is 1. The molecule has 1 nitrogen and oxygen atoms in total. The molecule has 0 heterocycles. The fourth-order valence-electron chi connectivity index (χ4n) is 1.47. The Morgan fingerprint density at radius 2 is 2.33 bits per heavy atom. The predicted octanol–water partition coefficient (Wildman–Crippen LogP) is 2.92. The normalized spacial score (nSPS) is 21.9. The van der Waals surface area contributed by atoms with Crippen LogP contribution >= 0.6 is 0 Å².